The lowest BCUT2D eigenvalue weighted by molar-refractivity contribution is 0.0821. The first kappa shape index (κ1) is 50.3. The molecular weight excluding hydrogens is 935 g/mol. The predicted molar refractivity (Wildman–Crippen MR) is 269 cm³/mol. The van der Waals surface area contributed by atoms with Gasteiger partial charge in [0.25, 0.3) is 6.43 Å². The molecule has 10 rings (SSSR count). The van der Waals surface area contributed by atoms with E-state index in [2.05, 4.69) is 73.3 Å². The average Bonchev–Trinajstić information content (AvgIpc) is 3.34. The summed E-state index contributed by atoms with van der Waals surface area (Å²) < 4.78 is 96.3. The van der Waals surface area contributed by atoms with Crippen LogP contribution in [-0.2, 0) is 24.9 Å². The van der Waals surface area contributed by atoms with Crippen molar-refractivity contribution in [2.75, 3.05) is 72.9 Å². The van der Waals surface area contributed by atoms with Crippen molar-refractivity contribution in [2.45, 2.75) is 91.9 Å². The third kappa shape index (κ3) is 10.7. The van der Waals surface area contributed by atoms with Crippen molar-refractivity contribution in [1.29, 1.82) is 0 Å². The monoisotopic (exact) mass is 994 g/mol. The van der Waals surface area contributed by atoms with Gasteiger partial charge < -0.3 is 29.9 Å². The van der Waals surface area contributed by atoms with Gasteiger partial charge in [0.2, 0.25) is 11.9 Å². The lowest BCUT2D eigenvalue weighted by atomic mass is 9.78. The highest BCUT2D eigenvalue weighted by Crippen LogP contribution is 2.42. The summed E-state index contributed by atoms with van der Waals surface area (Å²) in [5.74, 6) is -1.66. The Morgan fingerprint density at radius 3 is 1.65 bits per heavy atom. The van der Waals surface area contributed by atoms with E-state index in [-0.39, 0.29) is 64.4 Å². The van der Waals surface area contributed by atoms with Crippen LogP contribution in [0.25, 0.3) is 22.5 Å². The Morgan fingerprint density at radius 1 is 0.625 bits per heavy atom. The van der Waals surface area contributed by atoms with Crippen molar-refractivity contribution in [3.05, 3.63) is 119 Å². The molecule has 18 heteroatoms. The van der Waals surface area contributed by atoms with Crippen LogP contribution in [0.2, 0.25) is 0 Å². The second-order valence-corrected chi connectivity index (χ2v) is 19.8. The minimum Gasteiger partial charge on any atom is -0.486 e. The first-order chi connectivity index (χ1) is 34.4. The zero-order valence-electron chi connectivity index (χ0n) is 41.6. The van der Waals surface area contributed by atoms with Gasteiger partial charge in [-0.15, -0.1) is 0 Å². The van der Waals surface area contributed by atoms with Crippen molar-refractivity contribution in [3.63, 3.8) is 0 Å². The molecule has 2 aromatic heterocycles. The second kappa shape index (κ2) is 20.8. The molecule has 0 atom stereocenters. The van der Waals surface area contributed by atoms with E-state index < -0.39 is 29.7 Å². The summed E-state index contributed by atoms with van der Waals surface area (Å²) in [4.78, 5) is 25.2. The van der Waals surface area contributed by atoms with E-state index >= 15 is 0 Å². The molecule has 4 aromatic carbocycles. The number of nitrogens with one attached hydrogen (secondary N) is 2. The van der Waals surface area contributed by atoms with E-state index in [1.165, 1.54) is 23.3 Å². The summed E-state index contributed by atoms with van der Waals surface area (Å²) in [5, 5.41) is 6.29. The number of alkyl halides is 2. The topological polar surface area (TPSA) is 107 Å². The number of nitrogens with zero attached hydrogens (tertiary/aromatic N) is 8. The number of hydrogen-bond acceptors (Lipinski definition) is 12. The highest BCUT2D eigenvalue weighted by molar-refractivity contribution is 5.75. The molecule has 0 radical (unpaired) electrons. The van der Waals surface area contributed by atoms with Gasteiger partial charge in [0.1, 0.15) is 24.6 Å². The molecule has 0 bridgehead atoms. The molecular formula is C54H60F6N10O2. The normalized spacial score (nSPS) is 16.3. The van der Waals surface area contributed by atoms with Crippen LogP contribution < -0.4 is 29.9 Å². The summed E-state index contributed by atoms with van der Waals surface area (Å²) in [6, 6.07) is 18.1. The fourth-order valence-electron chi connectivity index (χ4n) is 10.1. The highest BCUT2D eigenvalue weighted by Gasteiger charge is 2.32. The fraction of sp³-hybridized carbons (Fsp3) is 0.407. The Bertz CT molecular complexity index is 2960. The van der Waals surface area contributed by atoms with Crippen LogP contribution in [0.3, 0.4) is 0 Å². The van der Waals surface area contributed by atoms with Crippen LogP contribution in [0.4, 0.5) is 61.0 Å². The molecule has 0 unspecified atom stereocenters. The Labute approximate surface area is 416 Å². The van der Waals surface area contributed by atoms with E-state index in [0.29, 0.717) is 68.4 Å². The number of hydrogen-bond donors (Lipinski definition) is 2. The van der Waals surface area contributed by atoms with Gasteiger partial charge >= 0.3 is 0 Å². The zero-order chi connectivity index (χ0) is 51.0. The summed E-state index contributed by atoms with van der Waals surface area (Å²) in [5.41, 5.74) is 7.97. The van der Waals surface area contributed by atoms with Gasteiger partial charge in [-0.2, -0.15) is 0 Å². The van der Waals surface area contributed by atoms with Crippen molar-refractivity contribution >= 4 is 34.6 Å². The number of likely N-dealkylation sites (N-methyl/N-ethyl adjacent to an activating group) is 1. The summed E-state index contributed by atoms with van der Waals surface area (Å²) in [6.07, 6.45) is 0.479. The average molecular weight is 995 g/mol. The lowest BCUT2D eigenvalue weighted by Crippen LogP contribution is -2.41. The number of ether oxygens (including phenoxy) is 2. The number of rotatable bonds is 11. The van der Waals surface area contributed by atoms with Crippen molar-refractivity contribution in [3.8, 4) is 34.0 Å². The summed E-state index contributed by atoms with van der Waals surface area (Å²) in [6.45, 7) is 20.4. The lowest BCUT2D eigenvalue weighted by Gasteiger charge is -2.39. The van der Waals surface area contributed by atoms with Crippen LogP contribution in [0, 0.1) is 23.3 Å². The summed E-state index contributed by atoms with van der Waals surface area (Å²) in [7, 11) is 0. The quantitative estimate of drug-likeness (QED) is 0.121. The van der Waals surface area contributed by atoms with Gasteiger partial charge in [-0.25, -0.2) is 46.3 Å². The molecule has 12 nitrogen and oxygen atoms in total. The molecule has 2 N–H and O–H groups in total. The zero-order valence-corrected chi connectivity index (χ0v) is 41.6. The van der Waals surface area contributed by atoms with Crippen LogP contribution in [0.5, 0.6) is 11.5 Å². The van der Waals surface area contributed by atoms with E-state index in [4.69, 9.17) is 9.47 Å². The van der Waals surface area contributed by atoms with Crippen molar-refractivity contribution in [1.82, 2.24) is 29.7 Å². The van der Waals surface area contributed by atoms with Gasteiger partial charge in [0, 0.05) is 66.2 Å². The van der Waals surface area contributed by atoms with Crippen LogP contribution in [0.1, 0.15) is 70.7 Å². The predicted octanol–water partition coefficient (Wildman–Crippen LogP) is 11.3. The molecule has 4 aliphatic heterocycles. The number of halogens is 6. The Balaban J connectivity index is 0.000000178. The fourth-order valence-corrected chi connectivity index (χ4v) is 10.1. The third-order valence-corrected chi connectivity index (χ3v) is 13.6. The van der Waals surface area contributed by atoms with Gasteiger partial charge in [-0.05, 0) is 111 Å². The minimum absolute atomic E-state index is 0.0375. The number of benzene rings is 4. The van der Waals surface area contributed by atoms with E-state index in [1.54, 1.807) is 17.0 Å². The molecule has 4 aliphatic rings. The second-order valence-electron chi connectivity index (χ2n) is 19.8. The molecule has 6 aromatic rings. The largest absolute Gasteiger partial charge is 0.486 e. The van der Waals surface area contributed by atoms with Gasteiger partial charge in [0.05, 0.1) is 43.4 Å². The smallest absolute Gasteiger partial charge is 0.251 e. The third-order valence-electron chi connectivity index (χ3n) is 13.6. The van der Waals surface area contributed by atoms with Crippen molar-refractivity contribution in [2.24, 2.45) is 0 Å². The van der Waals surface area contributed by atoms with E-state index in [0.717, 1.165) is 48.8 Å². The Morgan fingerprint density at radius 2 is 1.14 bits per heavy atom. The maximum absolute atomic E-state index is 15.0. The SMILES string of the molecule is CC(C)N1CCOc2c(F)cc(-c3nc(Nc4ccc5c(c4)CN(CC(F)F)CC5)ncc3F)cc21.CCN1Cc2cc(Nc3ncc(F)c(-c4cc(F)c5c(c4)N(C(C)C)CCO5)n3)ccc2C(C)(C)C1. The number of aromatic nitrogens is 4. The molecule has 0 amide bonds. The van der Waals surface area contributed by atoms with Crippen LogP contribution in [-0.4, -0.2) is 101 Å². The number of anilines is 6. The van der Waals surface area contributed by atoms with Crippen LogP contribution in [0.15, 0.2) is 73.1 Å². The maximum Gasteiger partial charge on any atom is 0.251 e. The van der Waals surface area contributed by atoms with E-state index in [9.17, 15) is 26.3 Å². The van der Waals surface area contributed by atoms with Crippen LogP contribution >= 0.6 is 0 Å². The Kier molecular flexibility index (Phi) is 14.5. The first-order valence-corrected chi connectivity index (χ1v) is 24.5. The number of fused-ring (bicyclic) bond motifs is 4. The molecule has 0 saturated heterocycles. The van der Waals surface area contributed by atoms with Gasteiger partial charge in [-0.3, -0.25) is 9.80 Å². The van der Waals surface area contributed by atoms with Gasteiger partial charge in [-0.1, -0.05) is 32.9 Å². The molecule has 0 aliphatic carbocycles. The molecule has 0 saturated carbocycles. The highest BCUT2D eigenvalue weighted by atomic mass is 19.3. The molecule has 72 heavy (non-hydrogen) atoms. The summed E-state index contributed by atoms with van der Waals surface area (Å²) >= 11 is 0. The molecule has 6 heterocycles. The Hall–Kier alpha value is -6.66. The standard InChI is InChI=1S/C28H33F2N5O.C26H27F4N5O/c1-6-34-15-19-11-20(7-8-21(19)28(4,5)16-34)32-27-31-14-23(30)25(33-27)18-12-22(29)26-24(13-18)35(17(2)3)9-10-36-26;1-15(2)35-7-8-36-25-20(27)10-17(11-22(25)35)24-21(28)12-31-26(33-24)32-19-4-3-16-5-6-34(14-23(29)30)13-18(16)9-19/h7-8,11-14,17H,6,9-10,15-16H2,1-5H3,(H,31,32,33);3-4,9-12,15,23H,5-8,13-14H2,1-2H3,(H,31,32,33). The molecule has 0 spiro atoms. The molecule has 0 fully saturated rings. The molecule has 380 valence electrons. The minimum atomic E-state index is -2.38. The van der Waals surface area contributed by atoms with E-state index in [1.807, 2.05) is 56.9 Å². The van der Waals surface area contributed by atoms with Gasteiger partial charge in [0.15, 0.2) is 34.8 Å². The maximum atomic E-state index is 15.0. The first-order valence-electron chi connectivity index (χ1n) is 24.5. The van der Waals surface area contributed by atoms with Crippen molar-refractivity contribution < 1.29 is 35.8 Å².